The normalized spacial score (nSPS) is 10.8. The number of nitrogens with one attached hydrogen (secondary N) is 1. The van der Waals surface area contributed by atoms with Crippen molar-refractivity contribution in [3.8, 4) is 5.75 Å². The van der Waals surface area contributed by atoms with Crippen LogP contribution in [0, 0.1) is 0 Å². The van der Waals surface area contributed by atoms with Crippen LogP contribution in [-0.4, -0.2) is 19.9 Å². The lowest BCUT2D eigenvalue weighted by molar-refractivity contribution is 0.0512. The van der Waals surface area contributed by atoms with E-state index in [1.54, 1.807) is 7.11 Å². The second-order valence-electron chi connectivity index (χ2n) is 3.85. The van der Waals surface area contributed by atoms with Gasteiger partial charge < -0.3 is 14.8 Å². The Labute approximate surface area is 102 Å². The Morgan fingerprint density at radius 3 is 2.69 bits per heavy atom. The van der Waals surface area contributed by atoms with E-state index in [1.807, 2.05) is 18.2 Å². The summed E-state index contributed by atoms with van der Waals surface area (Å²) in [5, 5.41) is 3.94. The van der Waals surface area contributed by atoms with Crippen LogP contribution < -0.4 is 10.1 Å². The van der Waals surface area contributed by atoms with Gasteiger partial charge in [0.25, 0.3) is 0 Å². The molecule has 0 aliphatic heterocycles. The first-order valence-corrected chi connectivity index (χ1v) is 5.65. The molecule has 16 heavy (non-hydrogen) atoms. The molecule has 0 radical (unpaired) electrons. The third-order valence-electron chi connectivity index (χ3n) is 2.04. The van der Waals surface area contributed by atoms with Crippen molar-refractivity contribution in [1.29, 1.82) is 0 Å². The fraction of sp³-hybridized carbons (Fsp3) is 0.500. The summed E-state index contributed by atoms with van der Waals surface area (Å²) < 4.78 is 10.1. The molecule has 1 aromatic carbocycles. The van der Waals surface area contributed by atoms with Gasteiger partial charge in [0, 0.05) is 19.7 Å². The molecule has 90 valence electrons. The van der Waals surface area contributed by atoms with Crippen LogP contribution in [0.3, 0.4) is 0 Å². The van der Waals surface area contributed by atoms with Crippen LogP contribution in [0.25, 0.3) is 0 Å². The number of ether oxygens (including phenoxy) is 2. The van der Waals surface area contributed by atoms with Crippen LogP contribution in [0.1, 0.15) is 19.4 Å². The van der Waals surface area contributed by atoms with Crippen molar-refractivity contribution >= 4 is 11.6 Å². The Kier molecular flexibility index (Phi) is 5.60. The summed E-state index contributed by atoms with van der Waals surface area (Å²) in [6.07, 6.45) is 0. The van der Waals surface area contributed by atoms with Crippen LogP contribution in [-0.2, 0) is 11.3 Å². The summed E-state index contributed by atoms with van der Waals surface area (Å²) in [4.78, 5) is 0. The second-order valence-corrected chi connectivity index (χ2v) is 4.26. The lowest BCUT2D eigenvalue weighted by Crippen LogP contribution is -2.21. The Morgan fingerprint density at radius 2 is 2.12 bits per heavy atom. The third kappa shape index (κ3) is 4.39. The quantitative estimate of drug-likeness (QED) is 0.780. The fourth-order valence-corrected chi connectivity index (χ4v) is 1.47. The number of halogens is 1. The van der Waals surface area contributed by atoms with E-state index < -0.39 is 0 Å². The van der Waals surface area contributed by atoms with E-state index >= 15 is 0 Å². The van der Waals surface area contributed by atoms with E-state index in [0.717, 1.165) is 12.1 Å². The topological polar surface area (TPSA) is 30.5 Å². The number of rotatable bonds is 6. The lowest BCUT2D eigenvalue weighted by Gasteiger charge is -2.10. The summed E-state index contributed by atoms with van der Waals surface area (Å²) in [5.74, 6) is 0.650. The molecule has 1 rings (SSSR count). The predicted molar refractivity (Wildman–Crippen MR) is 65.9 cm³/mol. The van der Waals surface area contributed by atoms with Gasteiger partial charge in [0.15, 0.2) is 6.79 Å². The van der Waals surface area contributed by atoms with E-state index in [0.29, 0.717) is 16.8 Å². The highest BCUT2D eigenvalue weighted by atomic mass is 35.5. The first-order chi connectivity index (χ1) is 7.63. The highest BCUT2D eigenvalue weighted by Gasteiger charge is 2.03. The summed E-state index contributed by atoms with van der Waals surface area (Å²) >= 11 is 6.07. The van der Waals surface area contributed by atoms with Gasteiger partial charge in [-0.1, -0.05) is 31.5 Å². The van der Waals surface area contributed by atoms with Gasteiger partial charge in [0.2, 0.25) is 0 Å². The zero-order chi connectivity index (χ0) is 12.0. The molecule has 0 saturated heterocycles. The van der Waals surface area contributed by atoms with Crippen LogP contribution in [0.15, 0.2) is 18.2 Å². The van der Waals surface area contributed by atoms with Crippen LogP contribution in [0.4, 0.5) is 0 Å². The Balaban J connectivity index is 2.59. The molecule has 0 heterocycles. The minimum atomic E-state index is 0.212. The average Bonchev–Trinajstić information content (AvgIpc) is 2.25. The molecule has 0 amide bonds. The largest absolute Gasteiger partial charge is 0.466 e. The average molecular weight is 244 g/mol. The van der Waals surface area contributed by atoms with E-state index in [9.17, 15) is 0 Å². The van der Waals surface area contributed by atoms with Crippen molar-refractivity contribution in [3.63, 3.8) is 0 Å². The van der Waals surface area contributed by atoms with Gasteiger partial charge in [-0.2, -0.15) is 0 Å². The van der Waals surface area contributed by atoms with E-state index in [2.05, 4.69) is 19.2 Å². The zero-order valence-electron chi connectivity index (χ0n) is 9.92. The Morgan fingerprint density at radius 1 is 1.38 bits per heavy atom. The molecular weight excluding hydrogens is 226 g/mol. The third-order valence-corrected chi connectivity index (χ3v) is 2.34. The van der Waals surface area contributed by atoms with Gasteiger partial charge in [0.1, 0.15) is 5.75 Å². The summed E-state index contributed by atoms with van der Waals surface area (Å²) in [6, 6.07) is 6.22. The molecule has 0 bridgehead atoms. The fourth-order valence-electron chi connectivity index (χ4n) is 1.22. The zero-order valence-corrected chi connectivity index (χ0v) is 10.7. The molecule has 3 nitrogen and oxygen atoms in total. The standard InChI is InChI=1S/C12H18ClNO2/c1-9(2)14-7-10-4-5-12(11(13)6-10)16-8-15-3/h4-6,9,14H,7-8H2,1-3H3. The molecule has 0 atom stereocenters. The monoisotopic (exact) mass is 243 g/mol. The highest BCUT2D eigenvalue weighted by molar-refractivity contribution is 6.32. The van der Waals surface area contributed by atoms with Gasteiger partial charge in [-0.15, -0.1) is 0 Å². The Hall–Kier alpha value is -0.770. The number of benzene rings is 1. The van der Waals surface area contributed by atoms with Crippen molar-refractivity contribution in [2.24, 2.45) is 0 Å². The van der Waals surface area contributed by atoms with Crippen molar-refractivity contribution in [2.45, 2.75) is 26.4 Å². The van der Waals surface area contributed by atoms with E-state index in [1.165, 1.54) is 0 Å². The molecule has 0 fully saturated rings. The minimum Gasteiger partial charge on any atom is -0.466 e. The molecule has 4 heteroatoms. The van der Waals surface area contributed by atoms with Gasteiger partial charge in [-0.05, 0) is 17.7 Å². The predicted octanol–water partition coefficient (Wildman–Crippen LogP) is 2.82. The van der Waals surface area contributed by atoms with Crippen LogP contribution >= 0.6 is 11.6 Å². The summed E-state index contributed by atoms with van der Waals surface area (Å²) in [7, 11) is 1.58. The van der Waals surface area contributed by atoms with Gasteiger partial charge in [-0.25, -0.2) is 0 Å². The maximum Gasteiger partial charge on any atom is 0.188 e. The molecule has 0 unspecified atom stereocenters. The smallest absolute Gasteiger partial charge is 0.188 e. The van der Waals surface area contributed by atoms with Crippen LogP contribution in [0.2, 0.25) is 5.02 Å². The lowest BCUT2D eigenvalue weighted by atomic mass is 10.2. The van der Waals surface area contributed by atoms with Crippen molar-refractivity contribution in [3.05, 3.63) is 28.8 Å². The highest BCUT2D eigenvalue weighted by Crippen LogP contribution is 2.25. The van der Waals surface area contributed by atoms with Crippen molar-refractivity contribution in [2.75, 3.05) is 13.9 Å². The van der Waals surface area contributed by atoms with Crippen molar-refractivity contribution in [1.82, 2.24) is 5.32 Å². The molecule has 0 spiro atoms. The van der Waals surface area contributed by atoms with Gasteiger partial charge >= 0.3 is 0 Å². The summed E-state index contributed by atoms with van der Waals surface area (Å²) in [5.41, 5.74) is 1.14. The van der Waals surface area contributed by atoms with Crippen molar-refractivity contribution < 1.29 is 9.47 Å². The number of hydrogen-bond donors (Lipinski definition) is 1. The van der Waals surface area contributed by atoms with E-state index in [4.69, 9.17) is 21.1 Å². The molecule has 0 aliphatic rings. The molecule has 0 saturated carbocycles. The van der Waals surface area contributed by atoms with Gasteiger partial charge in [0.05, 0.1) is 5.02 Å². The molecule has 0 aliphatic carbocycles. The maximum atomic E-state index is 6.07. The molecule has 1 N–H and O–H groups in total. The first kappa shape index (κ1) is 13.3. The molecule has 0 aromatic heterocycles. The number of methoxy groups -OCH3 is 1. The maximum absolute atomic E-state index is 6.07. The Bertz CT molecular complexity index is 329. The number of hydrogen-bond acceptors (Lipinski definition) is 3. The SMILES string of the molecule is COCOc1ccc(CNC(C)C)cc1Cl. The van der Waals surface area contributed by atoms with Gasteiger partial charge in [-0.3, -0.25) is 0 Å². The first-order valence-electron chi connectivity index (χ1n) is 5.27. The molecule has 1 aromatic rings. The second kappa shape index (κ2) is 6.74. The minimum absolute atomic E-state index is 0.212. The summed E-state index contributed by atoms with van der Waals surface area (Å²) in [6.45, 7) is 5.24. The van der Waals surface area contributed by atoms with Crippen LogP contribution in [0.5, 0.6) is 5.75 Å². The molecular formula is C12H18ClNO2. The van der Waals surface area contributed by atoms with E-state index in [-0.39, 0.29) is 6.79 Å².